The summed E-state index contributed by atoms with van der Waals surface area (Å²) < 4.78 is 0.670. The number of benzene rings is 1. The Morgan fingerprint density at radius 3 is 2.87 bits per heavy atom. The number of hydrogen-bond donors (Lipinski definition) is 2. The van der Waals surface area contributed by atoms with Gasteiger partial charge in [0.1, 0.15) is 10.5 Å². The Balaban J connectivity index is 1.52. The van der Waals surface area contributed by atoms with Gasteiger partial charge in [0.2, 0.25) is 0 Å². The van der Waals surface area contributed by atoms with E-state index in [0.29, 0.717) is 16.3 Å². The SMILES string of the molecule is O=c1[nH]c(CSc2ncc(-c3ccccc3)[nH]2)nc2ccsc12. The van der Waals surface area contributed by atoms with Crippen LogP contribution in [0.2, 0.25) is 0 Å². The van der Waals surface area contributed by atoms with E-state index in [1.165, 1.54) is 23.1 Å². The molecule has 1 aromatic carbocycles. The van der Waals surface area contributed by atoms with Crippen molar-refractivity contribution in [1.82, 2.24) is 19.9 Å². The first-order chi connectivity index (χ1) is 11.3. The molecule has 0 unspecified atom stereocenters. The summed E-state index contributed by atoms with van der Waals surface area (Å²) in [6, 6.07) is 11.9. The molecule has 0 aliphatic carbocycles. The highest BCUT2D eigenvalue weighted by atomic mass is 32.2. The number of rotatable bonds is 4. The second-order valence-corrected chi connectivity index (χ2v) is 6.78. The van der Waals surface area contributed by atoms with Gasteiger partial charge in [-0.1, -0.05) is 42.1 Å². The molecule has 0 atom stereocenters. The van der Waals surface area contributed by atoms with Gasteiger partial charge in [-0.3, -0.25) is 4.79 Å². The van der Waals surface area contributed by atoms with Gasteiger partial charge in [-0.2, -0.15) is 0 Å². The number of hydrogen-bond acceptors (Lipinski definition) is 5. The summed E-state index contributed by atoms with van der Waals surface area (Å²) >= 11 is 2.92. The first kappa shape index (κ1) is 14.2. The van der Waals surface area contributed by atoms with Gasteiger partial charge in [0, 0.05) is 0 Å². The summed E-state index contributed by atoms with van der Waals surface area (Å²) in [6.07, 6.45) is 1.82. The monoisotopic (exact) mass is 340 g/mol. The lowest BCUT2D eigenvalue weighted by Crippen LogP contribution is -2.09. The second kappa shape index (κ2) is 6.02. The number of thiophene rings is 1. The van der Waals surface area contributed by atoms with Crippen LogP contribution in [0, 0.1) is 0 Å². The fourth-order valence-electron chi connectivity index (χ4n) is 2.27. The molecule has 0 aliphatic heterocycles. The Bertz CT molecular complexity index is 1000. The largest absolute Gasteiger partial charge is 0.333 e. The summed E-state index contributed by atoms with van der Waals surface area (Å²) in [5.74, 6) is 1.21. The van der Waals surface area contributed by atoms with Crippen molar-refractivity contribution >= 4 is 33.3 Å². The molecule has 4 rings (SSSR count). The number of thioether (sulfide) groups is 1. The molecular formula is C16H12N4OS2. The molecule has 3 heterocycles. The Labute approximate surface area is 139 Å². The summed E-state index contributed by atoms with van der Waals surface area (Å²) in [4.78, 5) is 26.9. The zero-order valence-corrected chi connectivity index (χ0v) is 13.6. The number of aromatic amines is 2. The summed E-state index contributed by atoms with van der Waals surface area (Å²) in [7, 11) is 0. The molecule has 0 aliphatic rings. The van der Waals surface area contributed by atoms with Crippen LogP contribution in [0.3, 0.4) is 0 Å². The number of fused-ring (bicyclic) bond motifs is 1. The minimum Gasteiger partial charge on any atom is -0.333 e. The summed E-state index contributed by atoms with van der Waals surface area (Å²) in [5.41, 5.74) is 2.74. The molecule has 4 aromatic rings. The van der Waals surface area contributed by atoms with E-state index in [0.717, 1.165) is 21.9 Å². The number of nitrogens with zero attached hydrogens (tertiary/aromatic N) is 2. The van der Waals surface area contributed by atoms with Gasteiger partial charge in [0.15, 0.2) is 5.16 Å². The van der Waals surface area contributed by atoms with E-state index in [1.54, 1.807) is 0 Å². The molecule has 2 N–H and O–H groups in total. The number of imidazole rings is 1. The van der Waals surface area contributed by atoms with Crippen molar-refractivity contribution in [2.24, 2.45) is 0 Å². The fourth-order valence-corrected chi connectivity index (χ4v) is 3.71. The van der Waals surface area contributed by atoms with E-state index < -0.39 is 0 Å². The van der Waals surface area contributed by atoms with E-state index in [-0.39, 0.29) is 5.56 Å². The normalized spacial score (nSPS) is 11.1. The lowest BCUT2D eigenvalue weighted by molar-refractivity contribution is 1.02. The predicted octanol–water partition coefficient (Wildman–Crippen LogP) is 3.67. The summed E-state index contributed by atoms with van der Waals surface area (Å²) in [5, 5.41) is 2.68. The van der Waals surface area contributed by atoms with E-state index in [9.17, 15) is 4.79 Å². The van der Waals surface area contributed by atoms with Crippen LogP contribution in [-0.4, -0.2) is 19.9 Å². The zero-order valence-electron chi connectivity index (χ0n) is 11.9. The van der Waals surface area contributed by atoms with Crippen molar-refractivity contribution in [3.63, 3.8) is 0 Å². The number of aromatic nitrogens is 4. The second-order valence-electron chi connectivity index (χ2n) is 4.90. The van der Waals surface area contributed by atoms with Gasteiger partial charge in [-0.25, -0.2) is 9.97 Å². The van der Waals surface area contributed by atoms with Crippen molar-refractivity contribution < 1.29 is 0 Å². The van der Waals surface area contributed by atoms with Gasteiger partial charge < -0.3 is 9.97 Å². The van der Waals surface area contributed by atoms with Crippen LogP contribution in [-0.2, 0) is 5.75 Å². The maximum Gasteiger partial charge on any atom is 0.268 e. The fraction of sp³-hybridized carbons (Fsp3) is 0.0625. The topological polar surface area (TPSA) is 74.4 Å². The van der Waals surface area contributed by atoms with E-state index in [1.807, 2.05) is 48.0 Å². The Morgan fingerprint density at radius 1 is 1.13 bits per heavy atom. The predicted molar refractivity (Wildman–Crippen MR) is 93.8 cm³/mol. The molecule has 0 bridgehead atoms. The van der Waals surface area contributed by atoms with Crippen LogP contribution in [0.15, 0.2) is 57.9 Å². The van der Waals surface area contributed by atoms with Gasteiger partial charge in [0.25, 0.3) is 5.56 Å². The molecule has 0 amide bonds. The molecule has 0 spiro atoms. The molecule has 0 saturated heterocycles. The molecular weight excluding hydrogens is 328 g/mol. The highest BCUT2D eigenvalue weighted by Gasteiger charge is 2.08. The third-order valence-electron chi connectivity index (χ3n) is 3.35. The van der Waals surface area contributed by atoms with E-state index in [2.05, 4.69) is 19.9 Å². The lowest BCUT2D eigenvalue weighted by atomic mass is 10.2. The molecule has 7 heteroatoms. The van der Waals surface area contributed by atoms with Crippen LogP contribution >= 0.6 is 23.1 Å². The van der Waals surface area contributed by atoms with Crippen molar-refractivity contribution in [3.8, 4) is 11.3 Å². The number of nitrogens with one attached hydrogen (secondary N) is 2. The highest BCUT2D eigenvalue weighted by molar-refractivity contribution is 7.98. The minimum absolute atomic E-state index is 0.0787. The lowest BCUT2D eigenvalue weighted by Gasteiger charge is -1.99. The van der Waals surface area contributed by atoms with Crippen LogP contribution in [0.1, 0.15) is 5.82 Å². The Kier molecular flexibility index (Phi) is 3.72. The molecule has 3 aromatic heterocycles. The Morgan fingerprint density at radius 2 is 2.00 bits per heavy atom. The van der Waals surface area contributed by atoms with Crippen LogP contribution in [0.4, 0.5) is 0 Å². The standard InChI is InChI=1S/C16H12N4OS2/c21-15-14-11(6-7-22-14)18-13(20-15)9-23-16-17-8-12(19-16)10-4-2-1-3-5-10/h1-8H,9H2,(H,17,19)(H,18,20,21). The van der Waals surface area contributed by atoms with Crippen molar-refractivity contribution in [2.45, 2.75) is 10.9 Å². The molecule has 23 heavy (non-hydrogen) atoms. The summed E-state index contributed by atoms with van der Waals surface area (Å²) in [6.45, 7) is 0. The smallest absolute Gasteiger partial charge is 0.268 e. The third kappa shape index (κ3) is 2.93. The van der Waals surface area contributed by atoms with Crippen molar-refractivity contribution in [1.29, 1.82) is 0 Å². The maximum absolute atomic E-state index is 11.9. The van der Waals surface area contributed by atoms with Gasteiger partial charge in [0.05, 0.1) is 23.2 Å². The number of H-pyrrole nitrogens is 2. The Hall–Kier alpha value is -2.38. The molecule has 5 nitrogen and oxygen atoms in total. The molecule has 0 fully saturated rings. The molecule has 0 saturated carbocycles. The average molecular weight is 340 g/mol. The first-order valence-corrected chi connectivity index (χ1v) is 8.86. The van der Waals surface area contributed by atoms with Crippen LogP contribution in [0.25, 0.3) is 21.5 Å². The highest BCUT2D eigenvalue weighted by Crippen LogP contribution is 2.23. The maximum atomic E-state index is 11.9. The quantitative estimate of drug-likeness (QED) is 0.556. The first-order valence-electron chi connectivity index (χ1n) is 6.99. The molecule has 114 valence electrons. The van der Waals surface area contributed by atoms with Gasteiger partial charge >= 0.3 is 0 Å². The van der Waals surface area contributed by atoms with Crippen LogP contribution in [0.5, 0.6) is 0 Å². The molecule has 0 radical (unpaired) electrons. The van der Waals surface area contributed by atoms with E-state index in [4.69, 9.17) is 0 Å². The van der Waals surface area contributed by atoms with Crippen molar-refractivity contribution in [3.05, 3.63) is 64.2 Å². The van der Waals surface area contributed by atoms with Crippen molar-refractivity contribution in [2.75, 3.05) is 0 Å². The third-order valence-corrected chi connectivity index (χ3v) is 5.15. The zero-order chi connectivity index (χ0) is 15.6. The van der Waals surface area contributed by atoms with Crippen LogP contribution < -0.4 is 5.56 Å². The van der Waals surface area contributed by atoms with Gasteiger partial charge in [-0.05, 0) is 17.0 Å². The minimum atomic E-state index is -0.0787. The van der Waals surface area contributed by atoms with Gasteiger partial charge in [-0.15, -0.1) is 11.3 Å². The average Bonchev–Trinajstić information content (AvgIpc) is 3.23. The van der Waals surface area contributed by atoms with E-state index >= 15 is 0 Å².